The molecule has 4 rings (SSSR count). The average Bonchev–Trinajstić information content (AvgIpc) is 2.95. The standard InChI is InChI=1S/C25H24N2/c1-16(2)19(5)26-18(4)15-27-23-13-11-20-8-6-7-9-21(20)25(23)22-12-10-17(3)14-24(22)27/h6-14H,1,4,15H2,2-3,5H3. The van der Waals surface area contributed by atoms with Crippen LogP contribution in [0, 0.1) is 6.92 Å². The van der Waals surface area contributed by atoms with Crippen molar-refractivity contribution in [3.8, 4) is 0 Å². The Hall–Kier alpha value is -3.13. The Kier molecular flexibility index (Phi) is 4.19. The Balaban J connectivity index is 2.00. The first-order valence-corrected chi connectivity index (χ1v) is 9.25. The van der Waals surface area contributed by atoms with Gasteiger partial charge in [0.05, 0.1) is 17.8 Å². The van der Waals surface area contributed by atoms with Crippen LogP contribution in [0.5, 0.6) is 0 Å². The number of aromatic nitrogens is 1. The maximum Gasteiger partial charge on any atom is 0.0648 e. The predicted octanol–water partition coefficient (Wildman–Crippen LogP) is 6.81. The summed E-state index contributed by atoms with van der Waals surface area (Å²) in [5, 5.41) is 5.13. The molecule has 0 fully saturated rings. The lowest BCUT2D eigenvalue weighted by molar-refractivity contribution is 0.842. The SMILES string of the molecule is C=C(Cn1c2cc(C)ccc2c2c3ccccc3ccc21)N=C(C)C(=C)C. The summed E-state index contributed by atoms with van der Waals surface area (Å²) >= 11 is 0. The van der Waals surface area contributed by atoms with Crippen molar-refractivity contribution in [2.45, 2.75) is 27.3 Å². The number of aryl methyl sites for hydroxylation is 1. The second-order valence-electron chi connectivity index (χ2n) is 7.33. The van der Waals surface area contributed by atoms with E-state index in [0.717, 1.165) is 17.0 Å². The summed E-state index contributed by atoms with van der Waals surface area (Å²) in [6.45, 7) is 14.9. The minimum Gasteiger partial charge on any atom is -0.334 e. The third-order valence-corrected chi connectivity index (χ3v) is 5.20. The first-order chi connectivity index (χ1) is 13.0. The van der Waals surface area contributed by atoms with E-state index < -0.39 is 0 Å². The van der Waals surface area contributed by atoms with Crippen LogP contribution in [0.25, 0.3) is 32.6 Å². The van der Waals surface area contributed by atoms with Crippen molar-refractivity contribution in [2.24, 2.45) is 4.99 Å². The molecule has 0 saturated carbocycles. The molecule has 2 nitrogen and oxygen atoms in total. The fraction of sp³-hybridized carbons (Fsp3) is 0.160. The summed E-state index contributed by atoms with van der Waals surface area (Å²) in [5.41, 5.74) is 6.44. The minimum atomic E-state index is 0.659. The molecule has 134 valence electrons. The fourth-order valence-electron chi connectivity index (χ4n) is 3.70. The van der Waals surface area contributed by atoms with E-state index in [4.69, 9.17) is 0 Å². The molecule has 0 saturated heterocycles. The molecular formula is C25H24N2. The molecule has 0 aliphatic carbocycles. The Labute approximate surface area is 160 Å². The molecule has 0 aliphatic rings. The lowest BCUT2D eigenvalue weighted by atomic mass is 10.0. The van der Waals surface area contributed by atoms with Gasteiger partial charge in [-0.25, -0.2) is 0 Å². The molecule has 1 aromatic heterocycles. The molecule has 27 heavy (non-hydrogen) atoms. The summed E-state index contributed by atoms with van der Waals surface area (Å²) in [6, 6.07) is 19.7. The van der Waals surface area contributed by atoms with Crippen LogP contribution in [-0.4, -0.2) is 10.3 Å². The zero-order valence-corrected chi connectivity index (χ0v) is 16.2. The molecule has 3 aromatic carbocycles. The molecule has 0 N–H and O–H groups in total. The Morgan fingerprint density at radius 1 is 0.926 bits per heavy atom. The summed E-state index contributed by atoms with van der Waals surface area (Å²) in [7, 11) is 0. The Morgan fingerprint density at radius 3 is 2.48 bits per heavy atom. The van der Waals surface area contributed by atoms with E-state index >= 15 is 0 Å². The number of aliphatic imine (C=N–C) groups is 1. The van der Waals surface area contributed by atoms with Crippen molar-refractivity contribution in [1.29, 1.82) is 0 Å². The molecule has 1 heterocycles. The highest BCUT2D eigenvalue weighted by atomic mass is 15.0. The second kappa shape index (κ2) is 6.55. The molecule has 0 atom stereocenters. The number of benzene rings is 3. The monoisotopic (exact) mass is 352 g/mol. The van der Waals surface area contributed by atoms with Crippen LogP contribution in [0.15, 0.2) is 84.0 Å². The summed E-state index contributed by atoms with van der Waals surface area (Å²) in [4.78, 5) is 4.65. The minimum absolute atomic E-state index is 0.659. The lowest BCUT2D eigenvalue weighted by Crippen LogP contribution is -2.01. The zero-order chi connectivity index (χ0) is 19.1. The average molecular weight is 352 g/mol. The number of hydrogen-bond acceptors (Lipinski definition) is 1. The Bertz CT molecular complexity index is 1250. The van der Waals surface area contributed by atoms with E-state index in [1.807, 2.05) is 13.8 Å². The van der Waals surface area contributed by atoms with Gasteiger partial charge in [0.25, 0.3) is 0 Å². The zero-order valence-electron chi connectivity index (χ0n) is 16.2. The van der Waals surface area contributed by atoms with E-state index in [0.29, 0.717) is 6.54 Å². The van der Waals surface area contributed by atoms with Crippen molar-refractivity contribution < 1.29 is 0 Å². The van der Waals surface area contributed by atoms with Crippen molar-refractivity contribution in [1.82, 2.24) is 4.57 Å². The quantitative estimate of drug-likeness (QED) is 0.359. The summed E-state index contributed by atoms with van der Waals surface area (Å²) in [5.74, 6) is 0. The first kappa shape index (κ1) is 17.3. The van der Waals surface area contributed by atoms with Gasteiger partial charge in [-0.05, 0) is 54.8 Å². The van der Waals surface area contributed by atoms with Gasteiger partial charge in [0.15, 0.2) is 0 Å². The van der Waals surface area contributed by atoms with Gasteiger partial charge >= 0.3 is 0 Å². The normalized spacial score (nSPS) is 12.2. The predicted molar refractivity (Wildman–Crippen MR) is 119 cm³/mol. The number of fused-ring (bicyclic) bond motifs is 5. The van der Waals surface area contributed by atoms with Crippen LogP contribution < -0.4 is 0 Å². The van der Waals surface area contributed by atoms with Gasteiger partial charge in [-0.3, -0.25) is 4.99 Å². The van der Waals surface area contributed by atoms with E-state index in [9.17, 15) is 0 Å². The molecular weight excluding hydrogens is 328 g/mol. The summed E-state index contributed by atoms with van der Waals surface area (Å²) < 4.78 is 2.33. The van der Waals surface area contributed by atoms with E-state index in [-0.39, 0.29) is 0 Å². The highest BCUT2D eigenvalue weighted by molar-refractivity contribution is 6.20. The molecule has 0 unspecified atom stereocenters. The van der Waals surface area contributed by atoms with Gasteiger partial charge in [0.1, 0.15) is 0 Å². The molecule has 2 heteroatoms. The van der Waals surface area contributed by atoms with Crippen LogP contribution in [0.3, 0.4) is 0 Å². The number of rotatable bonds is 4. The molecule has 4 aromatic rings. The maximum atomic E-state index is 4.65. The Morgan fingerprint density at radius 2 is 1.70 bits per heavy atom. The smallest absolute Gasteiger partial charge is 0.0648 e. The molecule has 0 spiro atoms. The van der Waals surface area contributed by atoms with Crippen molar-refractivity contribution in [3.05, 3.63) is 84.6 Å². The van der Waals surface area contributed by atoms with Crippen LogP contribution in [-0.2, 0) is 6.54 Å². The van der Waals surface area contributed by atoms with Crippen molar-refractivity contribution >= 4 is 38.3 Å². The van der Waals surface area contributed by atoms with Gasteiger partial charge in [-0.15, -0.1) is 0 Å². The fourth-order valence-corrected chi connectivity index (χ4v) is 3.70. The molecule has 0 amide bonds. The topological polar surface area (TPSA) is 17.3 Å². The third kappa shape index (κ3) is 2.97. The van der Waals surface area contributed by atoms with Gasteiger partial charge in [0.2, 0.25) is 0 Å². The van der Waals surface area contributed by atoms with Gasteiger partial charge in [0, 0.05) is 22.0 Å². The van der Waals surface area contributed by atoms with Crippen molar-refractivity contribution in [3.63, 3.8) is 0 Å². The van der Waals surface area contributed by atoms with Gasteiger partial charge in [-0.2, -0.15) is 0 Å². The lowest BCUT2D eigenvalue weighted by Gasteiger charge is -2.09. The highest BCUT2D eigenvalue weighted by Crippen LogP contribution is 2.35. The number of nitrogens with zero attached hydrogens (tertiary/aromatic N) is 2. The van der Waals surface area contributed by atoms with E-state index in [1.165, 1.54) is 38.1 Å². The molecule has 0 bridgehead atoms. The van der Waals surface area contributed by atoms with E-state index in [2.05, 4.69) is 84.2 Å². The molecule has 0 radical (unpaired) electrons. The maximum absolute atomic E-state index is 4.65. The summed E-state index contributed by atoms with van der Waals surface area (Å²) in [6.07, 6.45) is 0. The van der Waals surface area contributed by atoms with Crippen LogP contribution in [0.1, 0.15) is 19.4 Å². The van der Waals surface area contributed by atoms with Gasteiger partial charge in [-0.1, -0.05) is 55.6 Å². The van der Waals surface area contributed by atoms with Crippen LogP contribution >= 0.6 is 0 Å². The number of hydrogen-bond donors (Lipinski definition) is 0. The van der Waals surface area contributed by atoms with Crippen LogP contribution in [0.2, 0.25) is 0 Å². The third-order valence-electron chi connectivity index (χ3n) is 5.20. The van der Waals surface area contributed by atoms with E-state index in [1.54, 1.807) is 0 Å². The largest absolute Gasteiger partial charge is 0.334 e. The molecule has 0 aliphatic heterocycles. The highest BCUT2D eigenvalue weighted by Gasteiger charge is 2.14. The first-order valence-electron chi connectivity index (χ1n) is 9.25. The second-order valence-corrected chi connectivity index (χ2v) is 7.33. The van der Waals surface area contributed by atoms with Crippen molar-refractivity contribution in [2.75, 3.05) is 0 Å². The van der Waals surface area contributed by atoms with Crippen LogP contribution in [0.4, 0.5) is 0 Å². The van der Waals surface area contributed by atoms with Gasteiger partial charge < -0.3 is 4.57 Å². The number of allylic oxidation sites excluding steroid dienone is 2.